The summed E-state index contributed by atoms with van der Waals surface area (Å²) in [5, 5.41) is 0. The van der Waals surface area contributed by atoms with Crippen molar-refractivity contribution >= 4 is 11.9 Å². The molecular weight excluding hydrogens is 250 g/mol. The Morgan fingerprint density at radius 1 is 1.10 bits per heavy atom. The first kappa shape index (κ1) is 11.7. The fourth-order valence-electron chi connectivity index (χ4n) is 2.84. The molecule has 20 heavy (non-hydrogen) atoms. The molecule has 102 valence electrons. The molecule has 1 aromatic rings. The number of hydrogen-bond donors (Lipinski definition) is 0. The van der Waals surface area contributed by atoms with E-state index in [2.05, 4.69) is 52.4 Å². The Labute approximate surface area is 118 Å². The van der Waals surface area contributed by atoms with Crippen LogP contribution in [0.25, 0.3) is 6.08 Å². The number of fused-ring (bicyclic) bond motifs is 3. The zero-order valence-corrected chi connectivity index (χ0v) is 11.3. The van der Waals surface area contributed by atoms with Gasteiger partial charge in [-0.3, -0.25) is 0 Å². The summed E-state index contributed by atoms with van der Waals surface area (Å²) in [6, 6.07) is 8.43. The maximum atomic E-state index is 5.41. The van der Waals surface area contributed by atoms with E-state index in [4.69, 9.17) is 9.73 Å². The fraction of sp³-hybridized carbons (Fsp3) is 0.312. The molecule has 4 rings (SSSR count). The number of amidine groups is 1. The lowest BCUT2D eigenvalue weighted by atomic mass is 10.0. The van der Waals surface area contributed by atoms with Crippen LogP contribution in [0.5, 0.6) is 0 Å². The van der Waals surface area contributed by atoms with Crippen LogP contribution in [0.2, 0.25) is 0 Å². The molecule has 0 amide bonds. The van der Waals surface area contributed by atoms with Gasteiger partial charge in [0.1, 0.15) is 11.7 Å². The summed E-state index contributed by atoms with van der Waals surface area (Å²) in [5.41, 5.74) is 2.46. The van der Waals surface area contributed by atoms with Crippen molar-refractivity contribution in [3.8, 4) is 0 Å². The van der Waals surface area contributed by atoms with Crippen LogP contribution in [-0.2, 0) is 4.74 Å². The quantitative estimate of drug-likeness (QED) is 0.778. The minimum atomic E-state index is 0.794. The van der Waals surface area contributed by atoms with Gasteiger partial charge < -0.3 is 14.5 Å². The van der Waals surface area contributed by atoms with E-state index in [0.717, 1.165) is 44.5 Å². The Bertz CT molecular complexity index is 612. The number of rotatable bonds is 1. The molecular formula is C16H17N3O. The maximum absolute atomic E-state index is 5.41. The van der Waals surface area contributed by atoms with Gasteiger partial charge in [-0.15, -0.1) is 0 Å². The molecule has 3 aliphatic rings. The van der Waals surface area contributed by atoms with Crippen molar-refractivity contribution < 1.29 is 4.74 Å². The number of aliphatic imine (C=N–C) groups is 1. The molecule has 0 saturated carbocycles. The predicted molar refractivity (Wildman–Crippen MR) is 79.2 cm³/mol. The van der Waals surface area contributed by atoms with Gasteiger partial charge in [-0.1, -0.05) is 24.3 Å². The van der Waals surface area contributed by atoms with Crippen molar-refractivity contribution in [2.24, 2.45) is 4.99 Å². The number of morpholine rings is 1. The first-order chi connectivity index (χ1) is 9.92. The summed E-state index contributed by atoms with van der Waals surface area (Å²) in [6.45, 7) is 4.33. The Morgan fingerprint density at radius 2 is 1.95 bits per heavy atom. The molecule has 0 aliphatic carbocycles. The van der Waals surface area contributed by atoms with Crippen LogP contribution in [0.4, 0.5) is 0 Å². The lowest BCUT2D eigenvalue weighted by Crippen LogP contribution is -2.39. The fourth-order valence-corrected chi connectivity index (χ4v) is 2.84. The average Bonchev–Trinajstić information content (AvgIpc) is 2.55. The lowest BCUT2D eigenvalue weighted by Gasteiger charge is -2.34. The smallest absolute Gasteiger partial charge is 0.143 e. The molecule has 0 aromatic heterocycles. The van der Waals surface area contributed by atoms with Gasteiger partial charge in [0.05, 0.1) is 13.2 Å². The van der Waals surface area contributed by atoms with E-state index in [9.17, 15) is 0 Å². The molecule has 4 nitrogen and oxygen atoms in total. The SMILES string of the molecule is C1=CN2CC=C(N3CCOCC3)N=C2c2ccccc21. The van der Waals surface area contributed by atoms with Gasteiger partial charge in [0.2, 0.25) is 0 Å². The second-order valence-electron chi connectivity index (χ2n) is 5.15. The molecule has 3 heterocycles. The summed E-state index contributed by atoms with van der Waals surface area (Å²) in [7, 11) is 0. The summed E-state index contributed by atoms with van der Waals surface area (Å²) < 4.78 is 5.41. The summed E-state index contributed by atoms with van der Waals surface area (Å²) >= 11 is 0. The number of benzene rings is 1. The van der Waals surface area contributed by atoms with Crippen LogP contribution < -0.4 is 0 Å². The molecule has 1 saturated heterocycles. The van der Waals surface area contributed by atoms with Gasteiger partial charge in [0, 0.05) is 31.4 Å². The maximum Gasteiger partial charge on any atom is 0.143 e. The largest absolute Gasteiger partial charge is 0.378 e. The van der Waals surface area contributed by atoms with Crippen molar-refractivity contribution in [3.63, 3.8) is 0 Å². The topological polar surface area (TPSA) is 28.1 Å². The molecule has 3 aliphatic heterocycles. The Kier molecular flexibility index (Phi) is 2.81. The second-order valence-corrected chi connectivity index (χ2v) is 5.15. The van der Waals surface area contributed by atoms with Gasteiger partial charge >= 0.3 is 0 Å². The third kappa shape index (κ3) is 1.93. The van der Waals surface area contributed by atoms with Crippen LogP contribution in [0.1, 0.15) is 11.1 Å². The molecule has 0 bridgehead atoms. The van der Waals surface area contributed by atoms with E-state index < -0.39 is 0 Å². The highest BCUT2D eigenvalue weighted by atomic mass is 16.5. The molecule has 0 radical (unpaired) electrons. The zero-order valence-electron chi connectivity index (χ0n) is 11.3. The molecule has 0 atom stereocenters. The lowest BCUT2D eigenvalue weighted by molar-refractivity contribution is 0.0527. The van der Waals surface area contributed by atoms with E-state index in [0.29, 0.717) is 0 Å². The van der Waals surface area contributed by atoms with Gasteiger partial charge in [0.25, 0.3) is 0 Å². The highest BCUT2D eigenvalue weighted by Crippen LogP contribution is 2.25. The van der Waals surface area contributed by atoms with Crippen molar-refractivity contribution in [1.29, 1.82) is 0 Å². The minimum Gasteiger partial charge on any atom is -0.378 e. The van der Waals surface area contributed by atoms with Crippen molar-refractivity contribution in [2.75, 3.05) is 32.8 Å². The Hall–Kier alpha value is -2.07. The molecule has 0 unspecified atom stereocenters. The standard InChI is InChI=1S/C16H17N3O/c1-2-4-14-13(3-1)5-7-19-8-6-15(17-16(14)19)18-9-11-20-12-10-18/h1-7H,8-12H2. The highest BCUT2D eigenvalue weighted by Gasteiger charge is 2.23. The Morgan fingerprint density at radius 3 is 2.85 bits per heavy atom. The van der Waals surface area contributed by atoms with Crippen LogP contribution in [-0.4, -0.2) is 48.5 Å². The number of nitrogens with zero attached hydrogens (tertiary/aromatic N) is 3. The third-order valence-corrected chi connectivity index (χ3v) is 3.93. The monoisotopic (exact) mass is 267 g/mol. The van der Waals surface area contributed by atoms with E-state index in [1.807, 2.05) is 0 Å². The van der Waals surface area contributed by atoms with Crippen LogP contribution >= 0.6 is 0 Å². The molecule has 0 N–H and O–H groups in total. The number of ether oxygens (including phenoxy) is 1. The minimum absolute atomic E-state index is 0.794. The normalized spacial score (nSPS) is 21.0. The average molecular weight is 267 g/mol. The summed E-state index contributed by atoms with van der Waals surface area (Å²) in [6.07, 6.45) is 6.47. The van der Waals surface area contributed by atoms with Crippen LogP contribution in [0.15, 0.2) is 47.4 Å². The summed E-state index contributed by atoms with van der Waals surface area (Å²) in [5.74, 6) is 2.15. The van der Waals surface area contributed by atoms with Crippen LogP contribution in [0.3, 0.4) is 0 Å². The first-order valence-corrected chi connectivity index (χ1v) is 7.07. The zero-order chi connectivity index (χ0) is 13.4. The molecule has 1 aromatic carbocycles. The van der Waals surface area contributed by atoms with Crippen LogP contribution in [0, 0.1) is 0 Å². The van der Waals surface area contributed by atoms with Gasteiger partial charge in [-0.2, -0.15) is 0 Å². The van der Waals surface area contributed by atoms with Gasteiger partial charge in [0.15, 0.2) is 0 Å². The van der Waals surface area contributed by atoms with Gasteiger partial charge in [-0.05, 0) is 17.7 Å². The second kappa shape index (κ2) is 4.80. The van der Waals surface area contributed by atoms with E-state index in [-0.39, 0.29) is 0 Å². The molecule has 4 heteroatoms. The first-order valence-electron chi connectivity index (χ1n) is 7.07. The Balaban J connectivity index is 1.70. The van der Waals surface area contributed by atoms with Crippen molar-refractivity contribution in [1.82, 2.24) is 9.80 Å². The van der Waals surface area contributed by atoms with Crippen molar-refractivity contribution in [2.45, 2.75) is 0 Å². The third-order valence-electron chi connectivity index (χ3n) is 3.93. The van der Waals surface area contributed by atoms with Gasteiger partial charge in [-0.25, -0.2) is 4.99 Å². The molecule has 0 spiro atoms. The predicted octanol–water partition coefficient (Wildman–Crippen LogP) is 1.91. The number of hydrogen-bond acceptors (Lipinski definition) is 4. The van der Waals surface area contributed by atoms with E-state index in [1.165, 1.54) is 11.1 Å². The van der Waals surface area contributed by atoms with Crippen molar-refractivity contribution in [3.05, 3.63) is 53.5 Å². The highest BCUT2D eigenvalue weighted by molar-refractivity contribution is 6.05. The summed E-state index contributed by atoms with van der Waals surface area (Å²) in [4.78, 5) is 9.41. The van der Waals surface area contributed by atoms with E-state index >= 15 is 0 Å². The van der Waals surface area contributed by atoms with E-state index in [1.54, 1.807) is 0 Å². The molecule has 1 fully saturated rings.